The molecule has 0 amide bonds. The van der Waals surface area contributed by atoms with E-state index in [0.717, 1.165) is 72.1 Å². The molecular formula is C38H64O17. The zero-order chi connectivity index (χ0) is 40.8. The van der Waals surface area contributed by atoms with Crippen molar-refractivity contribution in [2.45, 2.75) is 212 Å². The summed E-state index contributed by atoms with van der Waals surface area (Å²) in [5.74, 6) is -2.80. The summed E-state index contributed by atoms with van der Waals surface area (Å²) in [7, 11) is 0. The Labute approximate surface area is 323 Å². The Morgan fingerprint density at radius 3 is 1.58 bits per heavy atom. The van der Waals surface area contributed by atoms with Gasteiger partial charge in [-0.05, 0) is 33.6 Å². The number of esters is 4. The van der Waals surface area contributed by atoms with E-state index in [1.165, 1.54) is 13.8 Å². The molecule has 3 fully saturated rings. The smallest absolute Gasteiger partial charge is 0.306 e. The third-order valence-corrected chi connectivity index (χ3v) is 9.78. The minimum Gasteiger partial charge on any atom is -0.457 e. The van der Waals surface area contributed by atoms with Gasteiger partial charge in [0.15, 0.2) is 43.3 Å². The topological polar surface area (TPSA) is 221 Å². The van der Waals surface area contributed by atoms with Crippen LogP contribution < -0.4 is 0 Å². The molecule has 3 N–H and O–H groups in total. The summed E-state index contributed by atoms with van der Waals surface area (Å²) in [4.78, 5) is 49.6. The Kier molecular flexibility index (Phi) is 19.7. The van der Waals surface area contributed by atoms with Crippen molar-refractivity contribution in [3.05, 3.63) is 0 Å². The number of carbonyl (C=O) groups excluding carboxylic acids is 4. The first-order valence-corrected chi connectivity index (χ1v) is 19.7. The average Bonchev–Trinajstić information content (AvgIpc) is 3.11. The first kappa shape index (κ1) is 46.9. The van der Waals surface area contributed by atoms with E-state index in [0.29, 0.717) is 6.42 Å². The van der Waals surface area contributed by atoms with Gasteiger partial charge in [-0.3, -0.25) is 19.2 Å². The normalized spacial score (nSPS) is 36.5. The molecule has 0 aromatic carbocycles. The van der Waals surface area contributed by atoms with E-state index in [-0.39, 0.29) is 13.0 Å². The molecule has 17 nitrogen and oxygen atoms in total. The highest BCUT2D eigenvalue weighted by Gasteiger charge is 2.56. The van der Waals surface area contributed by atoms with Gasteiger partial charge in [0.05, 0.1) is 18.3 Å². The van der Waals surface area contributed by atoms with Gasteiger partial charge in [-0.1, -0.05) is 58.8 Å². The maximum atomic E-state index is 13.0. The number of carbonyl (C=O) groups is 4. The summed E-state index contributed by atoms with van der Waals surface area (Å²) in [6.07, 6.45) is -11.7. The fourth-order valence-corrected chi connectivity index (χ4v) is 6.95. The molecule has 0 spiro atoms. The molecule has 0 saturated carbocycles. The van der Waals surface area contributed by atoms with Crippen molar-refractivity contribution in [3.63, 3.8) is 0 Å². The molecule has 0 aromatic rings. The highest BCUT2D eigenvalue weighted by Crippen LogP contribution is 2.36. The minimum atomic E-state index is -1.78. The molecule has 0 unspecified atom stereocenters. The molecule has 3 heterocycles. The lowest BCUT2D eigenvalue weighted by Crippen LogP contribution is -2.67. The molecule has 318 valence electrons. The maximum absolute atomic E-state index is 13.0. The summed E-state index contributed by atoms with van der Waals surface area (Å²) in [6, 6.07) is 0. The predicted molar refractivity (Wildman–Crippen MR) is 191 cm³/mol. The van der Waals surface area contributed by atoms with Crippen LogP contribution in [0.3, 0.4) is 0 Å². The van der Waals surface area contributed by atoms with Crippen molar-refractivity contribution in [1.29, 1.82) is 0 Å². The Morgan fingerprint density at radius 2 is 0.964 bits per heavy atom. The third-order valence-electron chi connectivity index (χ3n) is 9.78. The van der Waals surface area contributed by atoms with Crippen molar-refractivity contribution >= 4 is 23.9 Å². The molecule has 0 bridgehead atoms. The molecule has 17 heteroatoms. The second kappa shape index (κ2) is 23.1. The van der Waals surface area contributed by atoms with Crippen LogP contribution in [0.15, 0.2) is 0 Å². The Balaban J connectivity index is 1.94. The average molecular weight is 793 g/mol. The van der Waals surface area contributed by atoms with Gasteiger partial charge in [0.2, 0.25) is 0 Å². The lowest BCUT2D eigenvalue weighted by atomic mass is 9.96. The van der Waals surface area contributed by atoms with Gasteiger partial charge < -0.3 is 62.7 Å². The summed E-state index contributed by atoms with van der Waals surface area (Å²) < 4.78 is 58.9. The van der Waals surface area contributed by atoms with Crippen LogP contribution in [0.2, 0.25) is 0 Å². The molecule has 3 aliphatic heterocycles. The SMILES string of the molecule is CCCCCCCCO[C@@H]1O[C@H](C)[C@@H](OC(=O)CCCCC)[C@H](O[C@H]2O[C@@H](C)[C@H](OC(C)=O)[C@@H](O[C@H]3O[C@@H](C)[C@H](OC(C)=O)[C@@H](O)[C@@H]3O)[C@@H]2OC(C)=O)[C@H]1O. The van der Waals surface area contributed by atoms with Crippen molar-refractivity contribution in [3.8, 4) is 0 Å². The standard InChI is InChI=1S/C38H64O17/c1-9-11-13-14-15-17-19-46-36-29(45)33(31(21(4)47-36)53-26(42)18-16-12-10-2)54-38-35(52-25(8)41)34(32(22(5)49-38)51-24(7)40)55-37-28(44)27(43)30(20(3)48-37)50-23(6)39/h20-22,27-38,43-45H,9-19H2,1-8H3/t20-,21+,22-,27-,28-,29+,30-,31+,32-,33+,34+,35-,36+,37+,38+/m0/s1. The van der Waals surface area contributed by atoms with Gasteiger partial charge in [-0.2, -0.15) is 0 Å². The Bertz CT molecular complexity index is 1200. The largest absolute Gasteiger partial charge is 0.457 e. The van der Waals surface area contributed by atoms with E-state index in [1.54, 1.807) is 6.92 Å². The quantitative estimate of drug-likeness (QED) is 0.0916. The predicted octanol–water partition coefficient (Wildman–Crippen LogP) is 2.74. The zero-order valence-corrected chi connectivity index (χ0v) is 33.5. The van der Waals surface area contributed by atoms with Crippen molar-refractivity contribution in [2.75, 3.05) is 6.61 Å². The lowest BCUT2D eigenvalue weighted by Gasteiger charge is -2.49. The Hall–Kier alpha value is -2.48. The summed E-state index contributed by atoms with van der Waals surface area (Å²) in [6.45, 7) is 12.5. The van der Waals surface area contributed by atoms with E-state index in [9.17, 15) is 34.5 Å². The number of ether oxygens (including phenoxy) is 10. The van der Waals surface area contributed by atoms with E-state index >= 15 is 0 Å². The van der Waals surface area contributed by atoms with Crippen LogP contribution in [-0.2, 0) is 66.5 Å². The van der Waals surface area contributed by atoms with Crippen LogP contribution in [-0.4, -0.2) is 138 Å². The third kappa shape index (κ3) is 13.8. The van der Waals surface area contributed by atoms with Crippen LogP contribution in [0.1, 0.15) is 120 Å². The van der Waals surface area contributed by atoms with E-state index < -0.39 is 116 Å². The fourth-order valence-electron chi connectivity index (χ4n) is 6.95. The van der Waals surface area contributed by atoms with Gasteiger partial charge in [0, 0.05) is 33.8 Å². The molecule has 3 aliphatic rings. The van der Waals surface area contributed by atoms with E-state index in [1.807, 2.05) is 6.92 Å². The van der Waals surface area contributed by atoms with Gasteiger partial charge in [0.1, 0.15) is 30.5 Å². The lowest BCUT2D eigenvalue weighted by molar-refractivity contribution is -0.376. The molecule has 3 saturated heterocycles. The van der Waals surface area contributed by atoms with Crippen LogP contribution in [0.25, 0.3) is 0 Å². The van der Waals surface area contributed by atoms with Crippen LogP contribution >= 0.6 is 0 Å². The van der Waals surface area contributed by atoms with Crippen LogP contribution in [0, 0.1) is 0 Å². The minimum absolute atomic E-state index is 0.122. The van der Waals surface area contributed by atoms with Crippen LogP contribution in [0.5, 0.6) is 0 Å². The first-order valence-electron chi connectivity index (χ1n) is 19.7. The van der Waals surface area contributed by atoms with Crippen molar-refractivity contribution < 1.29 is 81.9 Å². The van der Waals surface area contributed by atoms with Gasteiger partial charge in [-0.25, -0.2) is 0 Å². The number of aliphatic hydroxyl groups is 3. The molecule has 0 aromatic heterocycles. The highest BCUT2D eigenvalue weighted by atomic mass is 16.8. The van der Waals surface area contributed by atoms with E-state index in [4.69, 9.17) is 47.4 Å². The highest BCUT2D eigenvalue weighted by molar-refractivity contribution is 5.69. The summed E-state index contributed by atoms with van der Waals surface area (Å²) in [5.41, 5.74) is 0. The molecule has 15 atom stereocenters. The second-order valence-corrected chi connectivity index (χ2v) is 14.6. The van der Waals surface area contributed by atoms with Crippen molar-refractivity contribution in [2.24, 2.45) is 0 Å². The number of hydrogen-bond acceptors (Lipinski definition) is 17. The monoisotopic (exact) mass is 792 g/mol. The molecular weight excluding hydrogens is 728 g/mol. The molecule has 3 rings (SSSR count). The van der Waals surface area contributed by atoms with Gasteiger partial charge in [0.25, 0.3) is 0 Å². The number of rotatable bonds is 20. The number of unbranched alkanes of at least 4 members (excludes halogenated alkanes) is 7. The molecule has 0 radical (unpaired) electrons. The van der Waals surface area contributed by atoms with E-state index in [2.05, 4.69) is 6.92 Å². The molecule has 0 aliphatic carbocycles. The van der Waals surface area contributed by atoms with Crippen LogP contribution in [0.4, 0.5) is 0 Å². The van der Waals surface area contributed by atoms with Crippen molar-refractivity contribution in [1.82, 2.24) is 0 Å². The summed E-state index contributed by atoms with van der Waals surface area (Å²) in [5, 5.41) is 33.6. The molecule has 55 heavy (non-hydrogen) atoms. The van der Waals surface area contributed by atoms with Gasteiger partial charge >= 0.3 is 23.9 Å². The second-order valence-electron chi connectivity index (χ2n) is 14.6. The Morgan fingerprint density at radius 1 is 0.491 bits per heavy atom. The first-order chi connectivity index (χ1) is 26.1. The maximum Gasteiger partial charge on any atom is 0.306 e. The summed E-state index contributed by atoms with van der Waals surface area (Å²) >= 11 is 0. The number of aliphatic hydroxyl groups excluding tert-OH is 3. The van der Waals surface area contributed by atoms with Gasteiger partial charge in [-0.15, -0.1) is 0 Å². The fraction of sp³-hybridized carbons (Fsp3) is 0.895. The number of hydrogen-bond donors (Lipinski definition) is 3. The zero-order valence-electron chi connectivity index (χ0n) is 33.5.